The van der Waals surface area contributed by atoms with E-state index >= 15 is 0 Å². The van der Waals surface area contributed by atoms with Crippen LogP contribution < -0.4 is 10.1 Å². The standard InChI is InChI=1S/C18H22N2O4/c1-22-16-4-2-3-13(7-16)8-17-9-15(20-24-17)10-18(21)19-11-14-5-6-23-12-14/h2-4,7,9,14H,5-6,8,10-12H2,1H3,(H,19,21). The molecule has 128 valence electrons. The largest absolute Gasteiger partial charge is 0.497 e. The highest BCUT2D eigenvalue weighted by molar-refractivity contribution is 5.78. The van der Waals surface area contributed by atoms with Crippen LogP contribution in [-0.2, 0) is 22.4 Å². The number of nitrogens with zero attached hydrogens (tertiary/aromatic N) is 1. The predicted octanol–water partition coefficient (Wildman–Crippen LogP) is 1.97. The van der Waals surface area contributed by atoms with Gasteiger partial charge >= 0.3 is 0 Å². The lowest BCUT2D eigenvalue weighted by atomic mass is 10.1. The van der Waals surface area contributed by atoms with E-state index in [0.29, 0.717) is 24.6 Å². The van der Waals surface area contributed by atoms with Gasteiger partial charge in [0.15, 0.2) is 0 Å². The second-order valence-corrected chi connectivity index (χ2v) is 6.02. The third kappa shape index (κ3) is 4.58. The van der Waals surface area contributed by atoms with Crippen LogP contribution in [0.2, 0.25) is 0 Å². The average molecular weight is 330 g/mol. The molecule has 2 aromatic rings. The van der Waals surface area contributed by atoms with Crippen molar-refractivity contribution in [2.45, 2.75) is 19.3 Å². The van der Waals surface area contributed by atoms with Crippen molar-refractivity contribution in [1.29, 1.82) is 0 Å². The van der Waals surface area contributed by atoms with Crippen LogP contribution in [0.1, 0.15) is 23.4 Å². The van der Waals surface area contributed by atoms with E-state index < -0.39 is 0 Å². The van der Waals surface area contributed by atoms with E-state index in [9.17, 15) is 4.79 Å². The first kappa shape index (κ1) is 16.5. The third-order valence-corrected chi connectivity index (χ3v) is 4.07. The molecule has 1 aliphatic heterocycles. The molecule has 1 N–H and O–H groups in total. The summed E-state index contributed by atoms with van der Waals surface area (Å²) in [6.45, 7) is 2.18. The molecule has 0 saturated carbocycles. The molecule has 0 radical (unpaired) electrons. The number of nitrogens with one attached hydrogen (secondary N) is 1. The van der Waals surface area contributed by atoms with Gasteiger partial charge in [0.2, 0.25) is 5.91 Å². The number of ether oxygens (including phenoxy) is 2. The maximum absolute atomic E-state index is 12.0. The van der Waals surface area contributed by atoms with E-state index in [1.165, 1.54) is 0 Å². The summed E-state index contributed by atoms with van der Waals surface area (Å²) in [5, 5.41) is 6.91. The Morgan fingerprint density at radius 1 is 1.42 bits per heavy atom. The van der Waals surface area contributed by atoms with Gasteiger partial charge in [-0.05, 0) is 24.1 Å². The molecule has 1 aromatic heterocycles. The Hall–Kier alpha value is -2.34. The molecule has 6 heteroatoms. The van der Waals surface area contributed by atoms with Crippen LogP contribution in [0.5, 0.6) is 5.75 Å². The summed E-state index contributed by atoms with van der Waals surface area (Å²) in [5.41, 5.74) is 1.72. The first-order valence-electron chi connectivity index (χ1n) is 8.15. The smallest absolute Gasteiger partial charge is 0.226 e. The van der Waals surface area contributed by atoms with E-state index in [-0.39, 0.29) is 12.3 Å². The Morgan fingerprint density at radius 3 is 3.12 bits per heavy atom. The van der Waals surface area contributed by atoms with Gasteiger partial charge in [0, 0.05) is 31.6 Å². The summed E-state index contributed by atoms with van der Waals surface area (Å²) in [4.78, 5) is 12.0. The Bertz CT molecular complexity index is 677. The molecule has 0 bridgehead atoms. The van der Waals surface area contributed by atoms with Gasteiger partial charge in [0.1, 0.15) is 11.5 Å². The number of rotatable bonds is 7. The molecular formula is C18H22N2O4. The summed E-state index contributed by atoms with van der Waals surface area (Å²) in [6, 6.07) is 9.62. The lowest BCUT2D eigenvalue weighted by Crippen LogP contribution is -2.30. The van der Waals surface area contributed by atoms with E-state index in [4.69, 9.17) is 14.0 Å². The number of carbonyl (C=O) groups excluding carboxylic acids is 1. The summed E-state index contributed by atoms with van der Waals surface area (Å²) in [5.74, 6) is 1.93. The zero-order chi connectivity index (χ0) is 16.8. The maximum atomic E-state index is 12.0. The lowest BCUT2D eigenvalue weighted by Gasteiger charge is -2.08. The number of amides is 1. The number of hydrogen-bond acceptors (Lipinski definition) is 5. The predicted molar refractivity (Wildman–Crippen MR) is 87.9 cm³/mol. The molecule has 2 heterocycles. The molecule has 0 spiro atoms. The maximum Gasteiger partial charge on any atom is 0.226 e. The van der Waals surface area contributed by atoms with Gasteiger partial charge in [0.05, 0.1) is 25.8 Å². The third-order valence-electron chi connectivity index (χ3n) is 4.07. The van der Waals surface area contributed by atoms with Gasteiger partial charge < -0.3 is 19.3 Å². The zero-order valence-corrected chi connectivity index (χ0v) is 13.8. The van der Waals surface area contributed by atoms with Crippen molar-refractivity contribution < 1.29 is 18.8 Å². The van der Waals surface area contributed by atoms with Crippen LogP contribution in [0.3, 0.4) is 0 Å². The monoisotopic (exact) mass is 330 g/mol. The van der Waals surface area contributed by atoms with Crippen molar-refractivity contribution in [2.24, 2.45) is 5.92 Å². The van der Waals surface area contributed by atoms with Gasteiger partial charge in [-0.15, -0.1) is 0 Å². The second kappa shape index (κ2) is 7.97. The molecule has 1 atom stereocenters. The summed E-state index contributed by atoms with van der Waals surface area (Å²) < 4.78 is 15.8. The van der Waals surface area contributed by atoms with E-state index in [1.54, 1.807) is 7.11 Å². The molecule has 6 nitrogen and oxygen atoms in total. The fraction of sp³-hybridized carbons (Fsp3) is 0.444. The number of benzene rings is 1. The van der Waals surface area contributed by atoms with E-state index in [0.717, 1.165) is 36.7 Å². The van der Waals surface area contributed by atoms with Crippen molar-refractivity contribution >= 4 is 5.91 Å². The fourth-order valence-electron chi connectivity index (χ4n) is 2.74. The van der Waals surface area contributed by atoms with Crippen LogP contribution in [0.25, 0.3) is 0 Å². The highest BCUT2D eigenvalue weighted by atomic mass is 16.5. The quantitative estimate of drug-likeness (QED) is 0.840. The minimum atomic E-state index is -0.0388. The Morgan fingerprint density at radius 2 is 2.33 bits per heavy atom. The summed E-state index contributed by atoms with van der Waals surface area (Å²) in [7, 11) is 1.64. The first-order valence-corrected chi connectivity index (χ1v) is 8.15. The summed E-state index contributed by atoms with van der Waals surface area (Å²) in [6.07, 6.45) is 1.86. The zero-order valence-electron chi connectivity index (χ0n) is 13.8. The molecule has 1 amide bonds. The normalized spacial score (nSPS) is 17.0. The number of aromatic nitrogens is 1. The summed E-state index contributed by atoms with van der Waals surface area (Å²) >= 11 is 0. The van der Waals surface area contributed by atoms with Crippen molar-refractivity contribution in [3.05, 3.63) is 47.3 Å². The van der Waals surface area contributed by atoms with Crippen LogP contribution in [-0.4, -0.2) is 37.9 Å². The number of carbonyl (C=O) groups is 1. The topological polar surface area (TPSA) is 73.6 Å². The molecule has 3 rings (SSSR count). The highest BCUT2D eigenvalue weighted by Crippen LogP contribution is 2.17. The molecule has 1 unspecified atom stereocenters. The Labute approximate surface area is 141 Å². The minimum absolute atomic E-state index is 0.0388. The Balaban J connectivity index is 1.50. The van der Waals surface area contributed by atoms with E-state index in [1.807, 2.05) is 30.3 Å². The molecule has 24 heavy (non-hydrogen) atoms. The highest BCUT2D eigenvalue weighted by Gasteiger charge is 2.17. The molecular weight excluding hydrogens is 308 g/mol. The molecule has 1 saturated heterocycles. The average Bonchev–Trinajstić information content (AvgIpc) is 3.25. The Kier molecular flexibility index (Phi) is 5.48. The van der Waals surface area contributed by atoms with Gasteiger partial charge in [-0.2, -0.15) is 0 Å². The van der Waals surface area contributed by atoms with Gasteiger partial charge in [-0.25, -0.2) is 0 Å². The lowest BCUT2D eigenvalue weighted by molar-refractivity contribution is -0.120. The van der Waals surface area contributed by atoms with Crippen molar-refractivity contribution in [1.82, 2.24) is 10.5 Å². The van der Waals surface area contributed by atoms with Crippen molar-refractivity contribution in [3.63, 3.8) is 0 Å². The number of hydrogen-bond donors (Lipinski definition) is 1. The van der Waals surface area contributed by atoms with Gasteiger partial charge in [0.25, 0.3) is 0 Å². The minimum Gasteiger partial charge on any atom is -0.497 e. The molecule has 0 aliphatic carbocycles. The van der Waals surface area contributed by atoms with Crippen molar-refractivity contribution in [3.8, 4) is 5.75 Å². The first-order chi connectivity index (χ1) is 11.7. The van der Waals surface area contributed by atoms with Crippen LogP contribution in [0.15, 0.2) is 34.9 Å². The number of methoxy groups -OCH3 is 1. The van der Waals surface area contributed by atoms with E-state index in [2.05, 4.69) is 10.5 Å². The van der Waals surface area contributed by atoms with Gasteiger partial charge in [-0.1, -0.05) is 17.3 Å². The van der Waals surface area contributed by atoms with Crippen LogP contribution in [0.4, 0.5) is 0 Å². The van der Waals surface area contributed by atoms with Crippen LogP contribution in [0, 0.1) is 5.92 Å². The SMILES string of the molecule is COc1cccc(Cc2cc(CC(=O)NCC3CCOC3)no2)c1. The van der Waals surface area contributed by atoms with Crippen molar-refractivity contribution in [2.75, 3.05) is 26.9 Å². The molecule has 1 aromatic carbocycles. The molecule has 1 fully saturated rings. The van der Waals surface area contributed by atoms with Crippen LogP contribution >= 0.6 is 0 Å². The molecule has 1 aliphatic rings. The van der Waals surface area contributed by atoms with Gasteiger partial charge in [-0.3, -0.25) is 4.79 Å². The fourth-order valence-corrected chi connectivity index (χ4v) is 2.74. The second-order valence-electron chi connectivity index (χ2n) is 6.02.